The fourth-order valence-electron chi connectivity index (χ4n) is 8.45. The van der Waals surface area contributed by atoms with Crippen LogP contribution in [0.1, 0.15) is 107 Å². The first-order chi connectivity index (χ1) is 29.1. The largest absolute Gasteiger partial charge is 0.376 e. The zero-order valence-electron chi connectivity index (χ0n) is 33.6. The molecule has 8 rings (SSSR count). The van der Waals surface area contributed by atoms with Gasteiger partial charge in [0.25, 0.3) is 17.7 Å². The van der Waals surface area contributed by atoms with Crippen molar-refractivity contribution in [2.24, 2.45) is 0 Å². The highest BCUT2D eigenvalue weighted by Gasteiger charge is 2.44. The van der Waals surface area contributed by atoms with E-state index < -0.39 is 29.7 Å². The maximum atomic E-state index is 13.1. The maximum absolute atomic E-state index is 13.1. The summed E-state index contributed by atoms with van der Waals surface area (Å²) in [5.41, 5.74) is 3.67. The Balaban J connectivity index is 0.687. The number of aryl methyl sites for hydroxylation is 1. The molecule has 1 aliphatic carbocycles. The molecule has 3 aliphatic heterocycles. The van der Waals surface area contributed by atoms with Crippen molar-refractivity contribution in [1.29, 1.82) is 0 Å². The molecule has 18 nitrogen and oxygen atoms in total. The maximum Gasteiger partial charge on any atom is 0.270 e. The Morgan fingerprint density at radius 2 is 1.68 bits per heavy atom. The number of amides is 6. The van der Waals surface area contributed by atoms with Crippen LogP contribution in [0.5, 0.6) is 0 Å². The first-order valence-corrected chi connectivity index (χ1v) is 20.9. The van der Waals surface area contributed by atoms with Gasteiger partial charge in [0.05, 0.1) is 24.0 Å². The second-order valence-corrected chi connectivity index (χ2v) is 16.1. The molecule has 1 saturated carbocycles. The SMILES string of the molecule is Cc1cccc(C(=O)NC2CC(n3cnc4c(NC5CCN(CCCCCCNC(=O)CNc6ccc7c(c6)C(=O)N([C@H]6CCC(=O)NC6=O)C7=O)CC5)ncnc43)C2)n1. The van der Waals surface area contributed by atoms with Crippen molar-refractivity contribution in [3.8, 4) is 0 Å². The van der Waals surface area contributed by atoms with E-state index in [1.54, 1.807) is 18.5 Å². The summed E-state index contributed by atoms with van der Waals surface area (Å²) < 4.78 is 2.10. The average Bonchev–Trinajstić information content (AvgIpc) is 3.76. The van der Waals surface area contributed by atoms with E-state index in [0.29, 0.717) is 24.0 Å². The molecule has 0 spiro atoms. The third-order valence-electron chi connectivity index (χ3n) is 11.9. The van der Waals surface area contributed by atoms with Gasteiger partial charge in [0.1, 0.15) is 23.6 Å². The van der Waals surface area contributed by atoms with Crippen molar-refractivity contribution in [2.75, 3.05) is 43.4 Å². The minimum absolute atomic E-state index is 0.00484. The number of piperidine rings is 2. The van der Waals surface area contributed by atoms with Gasteiger partial charge in [-0.15, -0.1) is 0 Å². The highest BCUT2D eigenvalue weighted by molar-refractivity contribution is 6.23. The van der Waals surface area contributed by atoms with E-state index in [1.165, 1.54) is 12.1 Å². The summed E-state index contributed by atoms with van der Waals surface area (Å²) in [6.45, 7) is 5.49. The summed E-state index contributed by atoms with van der Waals surface area (Å²) in [4.78, 5) is 96.5. The number of pyridine rings is 1. The molecule has 314 valence electrons. The Kier molecular flexibility index (Phi) is 12.1. The minimum Gasteiger partial charge on any atom is -0.376 e. The molecule has 5 N–H and O–H groups in total. The zero-order valence-corrected chi connectivity index (χ0v) is 33.6. The van der Waals surface area contributed by atoms with Gasteiger partial charge in [-0.05, 0) is 88.7 Å². The molecule has 60 heavy (non-hydrogen) atoms. The van der Waals surface area contributed by atoms with Gasteiger partial charge in [-0.2, -0.15) is 0 Å². The number of rotatable bonds is 16. The summed E-state index contributed by atoms with van der Waals surface area (Å²) in [5.74, 6) is -1.82. The fourth-order valence-corrected chi connectivity index (χ4v) is 8.45. The number of imide groups is 2. The monoisotopic (exact) mass is 818 g/mol. The van der Waals surface area contributed by atoms with Crippen molar-refractivity contribution < 1.29 is 28.8 Å². The van der Waals surface area contributed by atoms with Crippen LogP contribution in [0.4, 0.5) is 11.5 Å². The van der Waals surface area contributed by atoms with E-state index in [-0.39, 0.29) is 54.4 Å². The molecule has 4 aliphatic rings. The smallest absolute Gasteiger partial charge is 0.270 e. The number of carbonyl (C=O) groups is 6. The topological polar surface area (TPSA) is 226 Å². The van der Waals surface area contributed by atoms with Gasteiger partial charge in [0, 0.05) is 55.6 Å². The van der Waals surface area contributed by atoms with E-state index in [2.05, 4.69) is 56.0 Å². The number of unbranched alkanes of at least 4 members (excludes halogenated alkanes) is 3. The summed E-state index contributed by atoms with van der Waals surface area (Å²) in [6.07, 6.45) is 11.2. The van der Waals surface area contributed by atoms with Crippen LogP contribution in [0, 0.1) is 6.92 Å². The van der Waals surface area contributed by atoms with E-state index in [1.807, 2.05) is 25.4 Å². The van der Waals surface area contributed by atoms with Crippen molar-refractivity contribution in [3.63, 3.8) is 0 Å². The third-order valence-corrected chi connectivity index (χ3v) is 11.9. The van der Waals surface area contributed by atoms with Crippen LogP contribution in [0.2, 0.25) is 0 Å². The molecule has 2 saturated heterocycles. The number of nitrogens with zero attached hydrogens (tertiary/aromatic N) is 7. The number of hydrogen-bond acceptors (Lipinski definition) is 13. The number of imidazole rings is 1. The molecule has 1 aromatic carbocycles. The van der Waals surface area contributed by atoms with Crippen LogP contribution in [0.3, 0.4) is 0 Å². The van der Waals surface area contributed by atoms with Gasteiger partial charge in [0.15, 0.2) is 11.5 Å². The number of carbonyl (C=O) groups excluding carboxylic acids is 6. The Bertz CT molecular complexity index is 2300. The van der Waals surface area contributed by atoms with Gasteiger partial charge in [-0.1, -0.05) is 18.9 Å². The van der Waals surface area contributed by atoms with E-state index in [9.17, 15) is 28.8 Å². The minimum atomic E-state index is -1.03. The molecular weight excluding hydrogens is 769 g/mol. The molecule has 1 atom stereocenters. The first-order valence-electron chi connectivity index (χ1n) is 20.9. The van der Waals surface area contributed by atoms with Crippen molar-refractivity contribution in [3.05, 3.63) is 71.6 Å². The molecule has 6 amide bonds. The third kappa shape index (κ3) is 8.97. The number of nitrogens with one attached hydrogen (secondary N) is 5. The van der Waals surface area contributed by atoms with Gasteiger partial charge < -0.3 is 30.7 Å². The van der Waals surface area contributed by atoms with Gasteiger partial charge in [-0.3, -0.25) is 39.0 Å². The van der Waals surface area contributed by atoms with Crippen LogP contribution in [-0.4, -0.2) is 121 Å². The highest BCUT2D eigenvalue weighted by atomic mass is 16.2. The lowest BCUT2D eigenvalue weighted by Crippen LogP contribution is -2.54. The predicted octanol–water partition coefficient (Wildman–Crippen LogP) is 2.73. The highest BCUT2D eigenvalue weighted by Crippen LogP contribution is 2.35. The Morgan fingerprint density at radius 3 is 2.48 bits per heavy atom. The molecule has 0 unspecified atom stereocenters. The lowest BCUT2D eigenvalue weighted by molar-refractivity contribution is -0.136. The van der Waals surface area contributed by atoms with Gasteiger partial charge in [-0.25, -0.2) is 19.9 Å². The lowest BCUT2D eigenvalue weighted by Gasteiger charge is -2.36. The van der Waals surface area contributed by atoms with E-state index in [0.717, 1.165) is 98.6 Å². The molecule has 0 radical (unpaired) electrons. The molecule has 3 fully saturated rings. The summed E-state index contributed by atoms with van der Waals surface area (Å²) in [5, 5.41) is 14.9. The molecule has 6 heterocycles. The van der Waals surface area contributed by atoms with Gasteiger partial charge >= 0.3 is 0 Å². The summed E-state index contributed by atoms with van der Waals surface area (Å²) in [6, 6.07) is 9.65. The predicted molar refractivity (Wildman–Crippen MR) is 220 cm³/mol. The molecule has 4 aromatic rings. The summed E-state index contributed by atoms with van der Waals surface area (Å²) >= 11 is 0. The van der Waals surface area contributed by atoms with Crippen LogP contribution >= 0.6 is 0 Å². The normalized spacial score (nSPS) is 20.8. The number of aromatic nitrogens is 5. The van der Waals surface area contributed by atoms with Crippen LogP contribution in [0.25, 0.3) is 11.2 Å². The zero-order chi connectivity index (χ0) is 41.8. The molecule has 3 aromatic heterocycles. The van der Waals surface area contributed by atoms with E-state index >= 15 is 0 Å². The summed E-state index contributed by atoms with van der Waals surface area (Å²) in [7, 11) is 0. The number of likely N-dealkylation sites (tertiary alicyclic amines) is 1. The van der Waals surface area contributed by atoms with Crippen molar-refractivity contribution in [1.82, 2.24) is 50.3 Å². The quantitative estimate of drug-likeness (QED) is 0.0811. The number of fused-ring (bicyclic) bond motifs is 2. The fraction of sp³-hybridized carbons (Fsp3) is 0.476. The second-order valence-electron chi connectivity index (χ2n) is 16.1. The average molecular weight is 819 g/mol. The van der Waals surface area contributed by atoms with Crippen LogP contribution in [0.15, 0.2) is 49.1 Å². The van der Waals surface area contributed by atoms with Crippen molar-refractivity contribution >= 4 is 58.1 Å². The number of anilines is 2. The Morgan fingerprint density at radius 1 is 0.883 bits per heavy atom. The van der Waals surface area contributed by atoms with Crippen LogP contribution < -0.4 is 26.6 Å². The number of hydrogen-bond donors (Lipinski definition) is 5. The van der Waals surface area contributed by atoms with E-state index in [4.69, 9.17) is 0 Å². The standard InChI is InChI=1S/C42H50N12O6/c1-25-7-6-8-32(48-25)39(57)50-28-19-29(20-28)53-24-47-36-37(45-23-46-38(36)53)49-26-13-17-52(18-14-26)16-5-3-2-4-15-43-35(56)22-44-27-9-10-30-31(21-27)42(60)54(41(30)59)33-11-12-34(55)51-40(33)58/h6-10,21,23-24,26,28-29,33,44H,2-5,11-20,22H2,1H3,(H,43,56)(H,50,57)(H,45,46,49)(H,51,55,58)/t28?,29?,33-/m0/s1. The lowest BCUT2D eigenvalue weighted by atomic mass is 9.86. The first kappa shape index (κ1) is 40.5. The van der Waals surface area contributed by atoms with Crippen LogP contribution in [-0.2, 0) is 14.4 Å². The Hall–Kier alpha value is -6.30. The molecular formula is C42H50N12O6. The van der Waals surface area contributed by atoms with Crippen molar-refractivity contribution in [2.45, 2.75) is 95.3 Å². The van der Waals surface area contributed by atoms with Gasteiger partial charge in [0.2, 0.25) is 17.7 Å². The Labute approximate surface area is 346 Å². The molecule has 18 heteroatoms. The molecule has 0 bridgehead atoms. The number of benzene rings is 1. The second kappa shape index (κ2) is 17.9.